The van der Waals surface area contributed by atoms with Crippen molar-refractivity contribution in [1.29, 1.82) is 0 Å². The van der Waals surface area contributed by atoms with E-state index < -0.39 is 11.2 Å². The Morgan fingerprint density at radius 3 is 1.35 bits per heavy atom. The van der Waals surface area contributed by atoms with E-state index in [0.29, 0.717) is 17.2 Å². The van der Waals surface area contributed by atoms with Crippen molar-refractivity contribution in [3.63, 3.8) is 0 Å². The maximum absolute atomic E-state index is 13.8. The second-order valence-electron chi connectivity index (χ2n) is 13.6. The van der Waals surface area contributed by atoms with Crippen LogP contribution >= 0.6 is 8.58 Å². The molecule has 4 nitrogen and oxygen atoms in total. The molecule has 200 valence electrons. The predicted octanol–water partition coefficient (Wildman–Crippen LogP) is 5.28. The molecule has 0 bridgehead atoms. The van der Waals surface area contributed by atoms with Gasteiger partial charge < -0.3 is 14.2 Å². The molecule has 2 aromatic rings. The van der Waals surface area contributed by atoms with Crippen LogP contribution in [0.2, 0.25) is 0 Å². The van der Waals surface area contributed by atoms with Gasteiger partial charge in [0.05, 0.1) is 5.30 Å². The molecule has 0 aliphatic carbocycles. The quantitative estimate of drug-likeness (QED) is 0.383. The van der Waals surface area contributed by atoms with Crippen molar-refractivity contribution >= 4 is 19.4 Å². The molecule has 0 N–H and O–H groups in total. The minimum absolute atomic E-state index is 0. The van der Waals surface area contributed by atoms with E-state index in [4.69, 9.17) is 14.2 Å². The molecule has 0 aliphatic heterocycles. The van der Waals surface area contributed by atoms with E-state index in [1.54, 1.807) is 0 Å². The maximum atomic E-state index is 13.8. The topological polar surface area (TPSA) is 44.8 Å². The summed E-state index contributed by atoms with van der Waals surface area (Å²) in [6.45, 7) is 28.7. The van der Waals surface area contributed by atoms with Crippen LogP contribution < -0.4 is 38.4 Å². The zero-order chi connectivity index (χ0) is 27.9. The number of hydrogen-bond donors (Lipinski definition) is 0. The van der Waals surface area contributed by atoms with Gasteiger partial charge in [0.2, 0.25) is 0 Å². The average molecular weight is 522 g/mol. The van der Waals surface area contributed by atoms with Gasteiger partial charge in [0.15, 0.2) is 5.52 Å². The summed E-state index contributed by atoms with van der Waals surface area (Å²) in [6, 6.07) is 8.07. The van der Waals surface area contributed by atoms with Crippen LogP contribution in [0.15, 0.2) is 24.3 Å². The summed E-state index contributed by atoms with van der Waals surface area (Å²) in [7, 11) is -0.159. The number of rotatable bonds is 6. The summed E-state index contributed by atoms with van der Waals surface area (Å²) in [5, 5.41) is 0.768. The summed E-state index contributed by atoms with van der Waals surface area (Å²) in [5.74, 6) is 1.90. The van der Waals surface area contributed by atoms with Crippen molar-refractivity contribution in [2.75, 3.05) is 0 Å². The van der Waals surface area contributed by atoms with Crippen LogP contribution in [-0.2, 0) is 5.41 Å². The summed E-state index contributed by atoms with van der Waals surface area (Å²) in [4.78, 5) is 13.8. The average Bonchev–Trinajstić information content (AvgIpc) is 2.59. The van der Waals surface area contributed by atoms with Gasteiger partial charge in [-0.3, -0.25) is 4.79 Å². The van der Waals surface area contributed by atoms with Gasteiger partial charge in [-0.2, -0.15) is 0 Å². The molecule has 1 atom stereocenters. The van der Waals surface area contributed by atoms with Gasteiger partial charge in [-0.25, -0.2) is 0 Å². The normalized spacial score (nSPS) is 12.9. The summed E-state index contributed by atoms with van der Waals surface area (Å²) >= 11 is 0. The molecule has 0 saturated carbocycles. The first-order chi connectivity index (χ1) is 16.1. The largest absolute Gasteiger partial charge is 1.00 e. The zero-order valence-electron chi connectivity index (χ0n) is 25.9. The van der Waals surface area contributed by atoms with Crippen LogP contribution in [0.25, 0.3) is 0 Å². The SMILES string of the molecule is Cc1cc(C(C)(C)C)cc(C)c1C(=O)Pc1c(OC(C)(C)C)cc(OC(C)(C)C)cc1OC(C)(C)C.[Li+]. The molecule has 0 aliphatic rings. The Bertz CT molecular complexity index is 1050. The fraction of sp³-hybridized carbons (Fsp3) is 0.581. The van der Waals surface area contributed by atoms with E-state index in [0.717, 1.165) is 22.0 Å². The Morgan fingerprint density at radius 1 is 0.649 bits per heavy atom. The molecule has 0 radical (unpaired) electrons. The van der Waals surface area contributed by atoms with Crippen molar-refractivity contribution in [2.45, 2.75) is 119 Å². The molecule has 0 heterocycles. The molecule has 0 amide bonds. The first-order valence-electron chi connectivity index (χ1n) is 12.7. The molecular weight excluding hydrogens is 474 g/mol. The molecule has 6 heteroatoms. The number of ether oxygens (including phenoxy) is 3. The van der Waals surface area contributed by atoms with Gasteiger partial charge in [0, 0.05) is 17.7 Å². The van der Waals surface area contributed by atoms with E-state index in [9.17, 15) is 4.79 Å². The Kier molecular flexibility index (Phi) is 10.6. The van der Waals surface area contributed by atoms with Gasteiger partial charge >= 0.3 is 18.9 Å². The Hall–Kier alpha value is -1.46. The second-order valence-corrected chi connectivity index (χ2v) is 14.8. The fourth-order valence-electron chi connectivity index (χ4n) is 3.85. The van der Waals surface area contributed by atoms with Crippen molar-refractivity contribution in [1.82, 2.24) is 0 Å². The molecule has 2 aromatic carbocycles. The van der Waals surface area contributed by atoms with E-state index in [1.165, 1.54) is 5.56 Å². The van der Waals surface area contributed by atoms with E-state index >= 15 is 0 Å². The third kappa shape index (κ3) is 10.3. The molecule has 0 spiro atoms. The molecule has 0 saturated heterocycles. The number of carbonyl (C=O) groups excluding carboxylic acids is 1. The number of benzene rings is 2. The standard InChI is InChI=1S/C31H47O4P.Li/c1-19-15-21(28(3,4)5)16-20(2)25(19)27(32)36-26-23(34-30(9,10)11)17-22(33-29(6,7)8)18-24(26)35-31(12,13)14;/h15-18,36H,1-14H3;/q;+1. The van der Waals surface area contributed by atoms with Crippen LogP contribution in [0.5, 0.6) is 17.2 Å². The Balaban J connectivity index is 0.00000684. The molecule has 0 fully saturated rings. The zero-order valence-corrected chi connectivity index (χ0v) is 26.9. The van der Waals surface area contributed by atoms with Crippen molar-refractivity contribution in [3.05, 3.63) is 46.5 Å². The smallest absolute Gasteiger partial charge is 0.488 e. The molecule has 37 heavy (non-hydrogen) atoms. The number of aryl methyl sites for hydroxylation is 2. The Morgan fingerprint density at radius 2 is 1.03 bits per heavy atom. The molecule has 1 unspecified atom stereocenters. The van der Waals surface area contributed by atoms with Crippen LogP contribution in [0.3, 0.4) is 0 Å². The van der Waals surface area contributed by atoms with Gasteiger partial charge in [-0.05, 0) is 107 Å². The van der Waals surface area contributed by atoms with Crippen LogP contribution in [0.1, 0.15) is 110 Å². The minimum atomic E-state index is -0.457. The third-order valence-electron chi connectivity index (χ3n) is 5.16. The van der Waals surface area contributed by atoms with Crippen molar-refractivity contribution < 1.29 is 37.9 Å². The number of carbonyl (C=O) groups is 1. The fourth-order valence-corrected chi connectivity index (χ4v) is 5.09. The van der Waals surface area contributed by atoms with Crippen LogP contribution in [-0.4, -0.2) is 22.3 Å². The van der Waals surface area contributed by atoms with Gasteiger partial charge in [0.1, 0.15) is 34.1 Å². The first-order valence-corrected chi connectivity index (χ1v) is 13.7. The molecule has 0 aromatic heterocycles. The van der Waals surface area contributed by atoms with Gasteiger partial charge in [-0.1, -0.05) is 32.9 Å². The van der Waals surface area contributed by atoms with Gasteiger partial charge in [0.25, 0.3) is 0 Å². The molecular formula is C31H47LiO4P+. The maximum Gasteiger partial charge on any atom is 1.00 e. The summed E-state index contributed by atoms with van der Waals surface area (Å²) < 4.78 is 19.0. The van der Waals surface area contributed by atoms with E-state index in [-0.39, 0.29) is 44.0 Å². The predicted molar refractivity (Wildman–Crippen MR) is 154 cm³/mol. The Labute approximate surface area is 239 Å². The van der Waals surface area contributed by atoms with Crippen molar-refractivity contribution in [2.24, 2.45) is 0 Å². The van der Waals surface area contributed by atoms with Crippen LogP contribution in [0, 0.1) is 13.8 Å². The van der Waals surface area contributed by atoms with Crippen LogP contribution in [0.4, 0.5) is 0 Å². The third-order valence-corrected chi connectivity index (χ3v) is 6.38. The summed E-state index contributed by atoms with van der Waals surface area (Å²) in [5.41, 5.74) is 2.80. The van der Waals surface area contributed by atoms with Gasteiger partial charge in [-0.15, -0.1) is 0 Å². The van der Waals surface area contributed by atoms with E-state index in [1.807, 2.05) is 88.3 Å². The van der Waals surface area contributed by atoms with Crippen molar-refractivity contribution in [3.8, 4) is 17.2 Å². The monoisotopic (exact) mass is 521 g/mol. The second kappa shape index (κ2) is 11.7. The molecule has 2 rings (SSSR count). The number of hydrogen-bond acceptors (Lipinski definition) is 4. The first kappa shape index (κ1) is 33.6. The summed E-state index contributed by atoms with van der Waals surface area (Å²) in [6.07, 6.45) is 0. The van der Waals surface area contributed by atoms with E-state index in [2.05, 4.69) is 32.9 Å². The minimum Gasteiger partial charge on any atom is -0.488 e.